The lowest BCUT2D eigenvalue weighted by molar-refractivity contribution is -0.122. The van der Waals surface area contributed by atoms with Crippen LogP contribution in [-0.4, -0.2) is 34.1 Å². The molecule has 1 saturated heterocycles. The Hall–Kier alpha value is -2.15. The first-order valence-corrected chi connectivity index (χ1v) is 8.73. The molecular formula is C17H21N3O3S. The van der Waals surface area contributed by atoms with Gasteiger partial charge in [-0.2, -0.15) is 0 Å². The summed E-state index contributed by atoms with van der Waals surface area (Å²) in [5.41, 5.74) is 1.19. The van der Waals surface area contributed by atoms with Crippen LogP contribution < -0.4 is 10.6 Å². The number of thioether (sulfide) groups is 1. The molecule has 2 atom stereocenters. The fourth-order valence-corrected chi connectivity index (χ4v) is 3.13. The number of ketones is 1. The van der Waals surface area contributed by atoms with Gasteiger partial charge in [0.1, 0.15) is 5.25 Å². The first kappa shape index (κ1) is 18.2. The molecule has 0 bridgehead atoms. The molecule has 2 unspecified atom stereocenters. The maximum absolute atomic E-state index is 12.1. The smallest absolute Gasteiger partial charge is 0.240 e. The number of hydrogen-bond acceptors (Lipinski definition) is 5. The number of nitrogens with one attached hydrogen (secondary N) is 2. The number of nitrogens with zero attached hydrogens (tertiary/aromatic N) is 1. The van der Waals surface area contributed by atoms with Crippen molar-refractivity contribution in [3.8, 4) is 0 Å². The third kappa shape index (κ3) is 4.92. The van der Waals surface area contributed by atoms with Crippen molar-refractivity contribution in [1.82, 2.24) is 5.32 Å². The molecule has 7 heteroatoms. The minimum absolute atomic E-state index is 0.0278. The van der Waals surface area contributed by atoms with Gasteiger partial charge in [-0.15, -0.1) is 0 Å². The van der Waals surface area contributed by atoms with Crippen LogP contribution in [0.5, 0.6) is 0 Å². The number of anilines is 1. The Morgan fingerprint density at radius 2 is 2.00 bits per heavy atom. The Labute approximate surface area is 145 Å². The van der Waals surface area contributed by atoms with Crippen molar-refractivity contribution < 1.29 is 14.4 Å². The minimum atomic E-state index is -0.468. The Bertz CT molecular complexity index is 670. The van der Waals surface area contributed by atoms with Gasteiger partial charge in [0.15, 0.2) is 11.0 Å². The second kappa shape index (κ2) is 8.10. The average Bonchev–Trinajstić information content (AvgIpc) is 2.86. The maximum atomic E-state index is 12.1. The zero-order valence-corrected chi connectivity index (χ0v) is 14.8. The molecule has 1 aromatic carbocycles. The average molecular weight is 347 g/mol. The van der Waals surface area contributed by atoms with E-state index < -0.39 is 5.25 Å². The highest BCUT2D eigenvalue weighted by molar-refractivity contribution is 8.15. The highest BCUT2D eigenvalue weighted by atomic mass is 32.2. The lowest BCUT2D eigenvalue weighted by atomic mass is 10.1. The first-order chi connectivity index (χ1) is 11.4. The van der Waals surface area contributed by atoms with Crippen molar-refractivity contribution >= 4 is 40.2 Å². The summed E-state index contributed by atoms with van der Waals surface area (Å²) in [6.45, 7) is 5.49. The predicted octanol–water partition coefficient (Wildman–Crippen LogP) is 2.60. The summed E-state index contributed by atoms with van der Waals surface area (Å²) in [6, 6.07) is 6.80. The summed E-state index contributed by atoms with van der Waals surface area (Å²) in [6.07, 6.45) is 0.964. The lowest BCUT2D eigenvalue weighted by Crippen LogP contribution is -2.28. The number of aliphatic imine (C=N–C) groups is 1. The highest BCUT2D eigenvalue weighted by Crippen LogP contribution is 2.23. The Morgan fingerprint density at radius 1 is 1.33 bits per heavy atom. The second-order valence-electron chi connectivity index (χ2n) is 5.67. The molecule has 24 heavy (non-hydrogen) atoms. The van der Waals surface area contributed by atoms with Crippen molar-refractivity contribution in [2.75, 3.05) is 5.32 Å². The molecule has 0 aromatic heterocycles. The molecule has 0 radical (unpaired) electrons. The zero-order chi connectivity index (χ0) is 17.7. The summed E-state index contributed by atoms with van der Waals surface area (Å²) >= 11 is 1.29. The van der Waals surface area contributed by atoms with E-state index in [9.17, 15) is 14.4 Å². The van der Waals surface area contributed by atoms with Gasteiger partial charge in [-0.1, -0.05) is 18.7 Å². The maximum Gasteiger partial charge on any atom is 0.240 e. The normalized spacial score (nSPS) is 19.9. The second-order valence-corrected chi connectivity index (χ2v) is 6.86. The fraction of sp³-hybridized carbons (Fsp3) is 0.412. The summed E-state index contributed by atoms with van der Waals surface area (Å²) < 4.78 is 0. The molecule has 128 valence electrons. The molecule has 0 saturated carbocycles. The van der Waals surface area contributed by atoms with Crippen LogP contribution in [0.4, 0.5) is 5.69 Å². The van der Waals surface area contributed by atoms with Crippen LogP contribution in [0.1, 0.15) is 44.0 Å². The van der Waals surface area contributed by atoms with Crippen LogP contribution in [0.3, 0.4) is 0 Å². The van der Waals surface area contributed by atoms with E-state index in [0.717, 1.165) is 6.42 Å². The number of hydrogen-bond donors (Lipinski definition) is 2. The van der Waals surface area contributed by atoms with Crippen molar-refractivity contribution in [2.24, 2.45) is 4.99 Å². The van der Waals surface area contributed by atoms with Gasteiger partial charge in [-0.05, 0) is 44.5 Å². The van der Waals surface area contributed by atoms with Crippen LogP contribution in [0, 0.1) is 0 Å². The monoisotopic (exact) mass is 347 g/mol. The van der Waals surface area contributed by atoms with Crippen molar-refractivity contribution in [2.45, 2.75) is 44.9 Å². The van der Waals surface area contributed by atoms with E-state index in [1.807, 2.05) is 13.8 Å². The molecule has 2 rings (SSSR count). The molecular weight excluding hydrogens is 326 g/mol. The molecule has 2 N–H and O–H groups in total. The number of rotatable bonds is 6. The van der Waals surface area contributed by atoms with Gasteiger partial charge in [0, 0.05) is 23.7 Å². The van der Waals surface area contributed by atoms with Crippen molar-refractivity contribution in [3.05, 3.63) is 29.8 Å². The standard InChI is InChI=1S/C17H21N3O3S/c1-4-10(2)18-17-20-16(23)14(24-17)9-15(22)19-13-7-5-12(6-8-13)11(3)21/h5-8,10,14H,4,9H2,1-3H3,(H,19,22)(H,18,20,23). The summed E-state index contributed by atoms with van der Waals surface area (Å²) in [5, 5.41) is 5.57. The van der Waals surface area contributed by atoms with Crippen LogP contribution in [0.2, 0.25) is 0 Å². The molecule has 1 aromatic rings. The van der Waals surface area contributed by atoms with Crippen LogP contribution in [0.25, 0.3) is 0 Å². The Kier molecular flexibility index (Phi) is 6.14. The number of benzene rings is 1. The topological polar surface area (TPSA) is 87.6 Å². The molecule has 0 spiro atoms. The van der Waals surface area contributed by atoms with Gasteiger partial charge in [-0.25, -0.2) is 0 Å². The van der Waals surface area contributed by atoms with Gasteiger partial charge in [0.25, 0.3) is 0 Å². The van der Waals surface area contributed by atoms with Gasteiger partial charge in [0.05, 0.1) is 0 Å². The number of Topliss-reactive ketones (excluding diaryl/α,β-unsaturated/α-hetero) is 1. The van der Waals surface area contributed by atoms with E-state index >= 15 is 0 Å². The summed E-state index contributed by atoms with van der Waals surface area (Å²) in [7, 11) is 0. The van der Waals surface area contributed by atoms with Crippen molar-refractivity contribution in [1.29, 1.82) is 0 Å². The summed E-state index contributed by atoms with van der Waals surface area (Å²) in [4.78, 5) is 39.7. The van der Waals surface area contributed by atoms with Gasteiger partial charge >= 0.3 is 0 Å². The number of carbonyl (C=O) groups excluding carboxylic acids is 3. The van der Waals surface area contributed by atoms with E-state index in [2.05, 4.69) is 15.6 Å². The Morgan fingerprint density at radius 3 is 2.58 bits per heavy atom. The van der Waals surface area contributed by atoms with E-state index in [4.69, 9.17) is 0 Å². The lowest BCUT2D eigenvalue weighted by Gasteiger charge is -2.08. The van der Waals surface area contributed by atoms with Gasteiger partial charge < -0.3 is 10.6 Å². The molecule has 1 aliphatic rings. The van der Waals surface area contributed by atoms with E-state index in [1.54, 1.807) is 24.3 Å². The Balaban J connectivity index is 1.91. The largest absolute Gasteiger partial charge is 0.326 e. The molecule has 1 fully saturated rings. The quantitative estimate of drug-likeness (QED) is 0.774. The number of carbonyl (C=O) groups is 3. The minimum Gasteiger partial charge on any atom is -0.326 e. The number of amidine groups is 1. The van der Waals surface area contributed by atoms with Gasteiger partial charge in [-0.3, -0.25) is 19.4 Å². The van der Waals surface area contributed by atoms with Crippen LogP contribution in [0.15, 0.2) is 29.3 Å². The van der Waals surface area contributed by atoms with Crippen molar-refractivity contribution in [3.63, 3.8) is 0 Å². The highest BCUT2D eigenvalue weighted by Gasteiger charge is 2.32. The van der Waals surface area contributed by atoms with E-state index in [1.165, 1.54) is 18.7 Å². The van der Waals surface area contributed by atoms with Crippen LogP contribution >= 0.6 is 11.8 Å². The predicted molar refractivity (Wildman–Crippen MR) is 96.4 cm³/mol. The van der Waals surface area contributed by atoms with E-state index in [0.29, 0.717) is 16.4 Å². The number of amides is 2. The molecule has 0 aliphatic carbocycles. The van der Waals surface area contributed by atoms with E-state index in [-0.39, 0.29) is 30.1 Å². The van der Waals surface area contributed by atoms with Gasteiger partial charge in [0.2, 0.25) is 11.8 Å². The molecule has 1 aliphatic heterocycles. The zero-order valence-electron chi connectivity index (χ0n) is 14.0. The third-order valence-electron chi connectivity index (χ3n) is 3.65. The van der Waals surface area contributed by atoms with Crippen LogP contribution in [-0.2, 0) is 9.59 Å². The fourth-order valence-electron chi connectivity index (χ4n) is 2.06. The molecule has 6 nitrogen and oxygen atoms in total. The molecule has 1 heterocycles. The third-order valence-corrected chi connectivity index (χ3v) is 4.75. The molecule has 2 amide bonds. The first-order valence-electron chi connectivity index (χ1n) is 7.85. The SMILES string of the molecule is CCC(C)N=C1NC(=O)C(CC(=O)Nc2ccc(C(C)=O)cc2)S1. The summed E-state index contributed by atoms with van der Waals surface area (Å²) in [5.74, 6) is -0.466.